The molecule has 3 heteroatoms. The summed E-state index contributed by atoms with van der Waals surface area (Å²) in [5.41, 5.74) is 0.683. The number of hydrogen-bond donors (Lipinski definition) is 1. The van der Waals surface area contributed by atoms with Gasteiger partial charge in [-0.3, -0.25) is 4.79 Å². The predicted octanol–water partition coefficient (Wildman–Crippen LogP) is 1.75. The van der Waals surface area contributed by atoms with E-state index in [1.807, 2.05) is 6.92 Å². The zero-order valence-electron chi connectivity index (χ0n) is 7.73. The fraction of sp³-hybridized carbons (Fsp3) is 0.300. The highest BCUT2D eigenvalue weighted by atomic mass is 19.1. The van der Waals surface area contributed by atoms with Gasteiger partial charge in [0.2, 0.25) is 0 Å². The van der Waals surface area contributed by atoms with E-state index in [-0.39, 0.29) is 11.5 Å². The number of rotatable bonds is 2. The van der Waals surface area contributed by atoms with Gasteiger partial charge in [0.15, 0.2) is 0 Å². The fourth-order valence-corrected chi connectivity index (χ4v) is 1.16. The Kier molecular flexibility index (Phi) is 3.01. The van der Waals surface area contributed by atoms with Crippen LogP contribution in [-0.2, 0) is 6.42 Å². The fourth-order valence-electron chi connectivity index (χ4n) is 1.16. The summed E-state index contributed by atoms with van der Waals surface area (Å²) >= 11 is 0. The molecule has 0 aliphatic carbocycles. The van der Waals surface area contributed by atoms with Gasteiger partial charge in [-0.1, -0.05) is 19.1 Å². The molecule has 0 unspecified atom stereocenters. The van der Waals surface area contributed by atoms with Crippen LogP contribution in [0.15, 0.2) is 18.2 Å². The highest BCUT2D eigenvalue weighted by molar-refractivity contribution is 5.94. The Labute approximate surface area is 76.8 Å². The molecule has 1 aromatic rings. The van der Waals surface area contributed by atoms with Crippen LogP contribution < -0.4 is 5.32 Å². The van der Waals surface area contributed by atoms with E-state index in [1.165, 1.54) is 13.1 Å². The number of amides is 1. The van der Waals surface area contributed by atoms with Crippen LogP contribution >= 0.6 is 0 Å². The van der Waals surface area contributed by atoms with Crippen molar-refractivity contribution in [2.45, 2.75) is 13.3 Å². The molecule has 0 saturated heterocycles. The number of nitrogens with one attached hydrogen (secondary N) is 1. The first-order chi connectivity index (χ1) is 6.20. The molecule has 0 bridgehead atoms. The number of carbonyl (C=O) groups excluding carboxylic acids is 1. The summed E-state index contributed by atoms with van der Waals surface area (Å²) in [4.78, 5) is 11.2. The summed E-state index contributed by atoms with van der Waals surface area (Å²) in [5.74, 6) is -0.794. The first kappa shape index (κ1) is 9.71. The normalized spacial score (nSPS) is 9.77. The first-order valence-corrected chi connectivity index (χ1v) is 4.20. The molecule has 1 amide bonds. The molecule has 1 N–H and O–H groups in total. The van der Waals surface area contributed by atoms with Crippen LogP contribution in [0.25, 0.3) is 0 Å². The zero-order chi connectivity index (χ0) is 9.84. The maximum absolute atomic E-state index is 13.4. The second-order valence-corrected chi connectivity index (χ2v) is 2.71. The molecular formula is C10H12FNO. The Hall–Kier alpha value is -1.38. The standard InChI is InChI=1S/C10H12FNO/c1-3-7-5-4-6-8(9(7)11)10(13)12-2/h4-6H,3H2,1-2H3,(H,12,13). The van der Waals surface area contributed by atoms with E-state index < -0.39 is 5.82 Å². The SMILES string of the molecule is CCc1cccc(C(=O)NC)c1F. The van der Waals surface area contributed by atoms with E-state index in [1.54, 1.807) is 12.1 Å². The molecule has 0 aliphatic heterocycles. The predicted molar refractivity (Wildman–Crippen MR) is 49.2 cm³/mol. The lowest BCUT2D eigenvalue weighted by Crippen LogP contribution is -2.19. The molecule has 0 heterocycles. The van der Waals surface area contributed by atoms with E-state index in [0.717, 1.165) is 0 Å². The van der Waals surface area contributed by atoms with Gasteiger partial charge in [0, 0.05) is 7.05 Å². The van der Waals surface area contributed by atoms with Crippen molar-refractivity contribution in [3.63, 3.8) is 0 Å². The summed E-state index contributed by atoms with van der Waals surface area (Å²) in [6.07, 6.45) is 0.594. The molecular weight excluding hydrogens is 169 g/mol. The van der Waals surface area contributed by atoms with Crippen LogP contribution in [0.4, 0.5) is 4.39 Å². The van der Waals surface area contributed by atoms with E-state index in [4.69, 9.17) is 0 Å². The minimum atomic E-state index is -0.413. The molecule has 70 valence electrons. The summed E-state index contributed by atoms with van der Waals surface area (Å²) in [6, 6.07) is 4.85. The monoisotopic (exact) mass is 181 g/mol. The molecule has 1 aromatic carbocycles. The number of hydrogen-bond acceptors (Lipinski definition) is 1. The third-order valence-corrected chi connectivity index (χ3v) is 1.93. The second kappa shape index (κ2) is 4.03. The maximum atomic E-state index is 13.4. The van der Waals surface area contributed by atoms with E-state index in [0.29, 0.717) is 12.0 Å². The van der Waals surface area contributed by atoms with Gasteiger partial charge >= 0.3 is 0 Å². The second-order valence-electron chi connectivity index (χ2n) is 2.71. The summed E-state index contributed by atoms with van der Waals surface area (Å²) in [7, 11) is 1.49. The molecule has 1 rings (SSSR count). The average Bonchev–Trinajstić information content (AvgIpc) is 2.17. The number of halogens is 1. The van der Waals surface area contributed by atoms with Gasteiger partial charge < -0.3 is 5.32 Å². The Morgan fingerprint density at radius 2 is 2.23 bits per heavy atom. The highest BCUT2D eigenvalue weighted by Crippen LogP contribution is 2.13. The molecule has 0 fully saturated rings. The molecule has 0 aliphatic rings. The van der Waals surface area contributed by atoms with E-state index in [9.17, 15) is 9.18 Å². The minimum Gasteiger partial charge on any atom is -0.355 e. The molecule has 13 heavy (non-hydrogen) atoms. The molecule has 0 saturated carbocycles. The summed E-state index contributed by atoms with van der Waals surface area (Å²) in [5, 5.41) is 2.39. The van der Waals surface area contributed by atoms with Gasteiger partial charge in [-0.2, -0.15) is 0 Å². The van der Waals surface area contributed by atoms with Gasteiger partial charge in [0.25, 0.3) is 5.91 Å². The molecule has 0 spiro atoms. The van der Waals surface area contributed by atoms with Crippen LogP contribution in [0, 0.1) is 5.82 Å². The molecule has 0 radical (unpaired) electrons. The summed E-state index contributed by atoms with van der Waals surface area (Å²) in [6.45, 7) is 1.85. The van der Waals surface area contributed by atoms with Crippen molar-refractivity contribution >= 4 is 5.91 Å². The highest BCUT2D eigenvalue weighted by Gasteiger charge is 2.11. The van der Waals surface area contributed by atoms with Crippen molar-refractivity contribution in [1.82, 2.24) is 5.32 Å². The number of carbonyl (C=O) groups is 1. The van der Waals surface area contributed by atoms with Crippen molar-refractivity contribution in [2.24, 2.45) is 0 Å². The number of benzene rings is 1. The van der Waals surface area contributed by atoms with E-state index >= 15 is 0 Å². The molecule has 0 atom stereocenters. The molecule has 2 nitrogen and oxygen atoms in total. The zero-order valence-corrected chi connectivity index (χ0v) is 7.73. The van der Waals surface area contributed by atoms with Gasteiger partial charge in [-0.05, 0) is 18.1 Å². The Morgan fingerprint density at radius 1 is 1.54 bits per heavy atom. The van der Waals surface area contributed by atoms with Crippen molar-refractivity contribution < 1.29 is 9.18 Å². The van der Waals surface area contributed by atoms with E-state index in [2.05, 4.69) is 5.32 Å². The van der Waals surface area contributed by atoms with Crippen molar-refractivity contribution in [2.75, 3.05) is 7.05 Å². The Bertz CT molecular complexity index is 323. The lowest BCUT2D eigenvalue weighted by atomic mass is 10.1. The average molecular weight is 181 g/mol. The van der Waals surface area contributed by atoms with Gasteiger partial charge in [-0.25, -0.2) is 4.39 Å². The van der Waals surface area contributed by atoms with Gasteiger partial charge in [0.1, 0.15) is 5.82 Å². The lowest BCUT2D eigenvalue weighted by Gasteiger charge is -2.04. The third-order valence-electron chi connectivity index (χ3n) is 1.93. The third kappa shape index (κ3) is 1.86. The van der Waals surface area contributed by atoms with Crippen LogP contribution in [0.1, 0.15) is 22.8 Å². The lowest BCUT2D eigenvalue weighted by molar-refractivity contribution is 0.0959. The maximum Gasteiger partial charge on any atom is 0.254 e. The van der Waals surface area contributed by atoms with Crippen LogP contribution in [0.3, 0.4) is 0 Å². The van der Waals surface area contributed by atoms with Crippen molar-refractivity contribution in [3.8, 4) is 0 Å². The minimum absolute atomic E-state index is 0.113. The smallest absolute Gasteiger partial charge is 0.254 e. The van der Waals surface area contributed by atoms with Crippen molar-refractivity contribution in [1.29, 1.82) is 0 Å². The number of aryl methyl sites for hydroxylation is 1. The van der Waals surface area contributed by atoms with Crippen molar-refractivity contribution in [3.05, 3.63) is 35.1 Å². The first-order valence-electron chi connectivity index (χ1n) is 4.20. The van der Waals surface area contributed by atoms with Gasteiger partial charge in [-0.15, -0.1) is 0 Å². The quantitative estimate of drug-likeness (QED) is 0.739. The van der Waals surface area contributed by atoms with Crippen LogP contribution in [-0.4, -0.2) is 13.0 Å². The largest absolute Gasteiger partial charge is 0.355 e. The summed E-state index contributed by atoms with van der Waals surface area (Å²) < 4.78 is 13.4. The van der Waals surface area contributed by atoms with Crippen LogP contribution in [0.5, 0.6) is 0 Å². The Morgan fingerprint density at radius 3 is 2.77 bits per heavy atom. The Balaban J connectivity index is 3.15. The molecule has 0 aromatic heterocycles. The topological polar surface area (TPSA) is 29.1 Å². The van der Waals surface area contributed by atoms with Crippen LogP contribution in [0.2, 0.25) is 0 Å². The van der Waals surface area contributed by atoms with Gasteiger partial charge in [0.05, 0.1) is 5.56 Å².